The third-order valence-corrected chi connectivity index (χ3v) is 15.4. The summed E-state index contributed by atoms with van der Waals surface area (Å²) in [6.45, 7) is 9.39. The smallest absolute Gasteiger partial charge is 0.350 e. The third-order valence-electron chi connectivity index (χ3n) is 15.4. The van der Waals surface area contributed by atoms with Gasteiger partial charge < -0.3 is 30.5 Å². The van der Waals surface area contributed by atoms with Gasteiger partial charge in [0.25, 0.3) is 5.60 Å². The minimum atomic E-state index is -1.95. The predicted molar refractivity (Wildman–Crippen MR) is 215 cm³/mol. The van der Waals surface area contributed by atoms with E-state index in [9.17, 15) is 9.90 Å². The number of ketones is 2. The maximum absolute atomic E-state index is 15.2. The summed E-state index contributed by atoms with van der Waals surface area (Å²) in [5, 5.41) is 21.4. The molecule has 0 radical (unpaired) electrons. The lowest BCUT2D eigenvalue weighted by Gasteiger charge is -2.44. The van der Waals surface area contributed by atoms with E-state index in [0.29, 0.717) is 36.4 Å². The zero-order valence-corrected chi connectivity index (χ0v) is 34.8. The summed E-state index contributed by atoms with van der Waals surface area (Å²) in [7, 11) is 2.07. The lowest BCUT2D eigenvalue weighted by molar-refractivity contribution is -0.716. The van der Waals surface area contributed by atoms with Gasteiger partial charge in [0.15, 0.2) is 17.2 Å². The lowest BCUT2D eigenvalue weighted by atomic mass is 9.55. The monoisotopic (exact) mass is 778 g/mol. The molecule has 5 unspecified atom stereocenters. The van der Waals surface area contributed by atoms with E-state index in [-0.39, 0.29) is 48.5 Å². The number of aliphatic hydroxyl groups is 1. The van der Waals surface area contributed by atoms with Crippen molar-refractivity contribution in [2.75, 3.05) is 40.0 Å². The Morgan fingerprint density at radius 3 is 2.71 bits per heavy atom. The van der Waals surface area contributed by atoms with Gasteiger partial charge in [0.1, 0.15) is 12.8 Å². The first-order chi connectivity index (χ1) is 27.1. The third kappa shape index (κ3) is 8.22. The van der Waals surface area contributed by atoms with E-state index in [0.717, 1.165) is 108 Å². The van der Waals surface area contributed by atoms with Crippen molar-refractivity contribution in [2.24, 2.45) is 46.8 Å². The number of esters is 1. The van der Waals surface area contributed by atoms with Gasteiger partial charge in [-0.15, -0.1) is 0 Å². The molecule has 3 saturated carbocycles. The largest absolute Gasteiger partial charge is 0.463 e. The Labute approximate surface area is 335 Å². The highest BCUT2D eigenvalue weighted by Crippen LogP contribution is 2.64. The summed E-state index contributed by atoms with van der Waals surface area (Å²) in [6, 6.07) is 0.331. The van der Waals surface area contributed by atoms with Crippen molar-refractivity contribution in [3.05, 3.63) is 47.6 Å². The maximum Gasteiger partial charge on any atom is 0.350 e. The molecule has 7 aliphatic rings. The van der Waals surface area contributed by atoms with Crippen LogP contribution in [0.3, 0.4) is 0 Å². The van der Waals surface area contributed by atoms with Crippen LogP contribution >= 0.6 is 0 Å². The summed E-state index contributed by atoms with van der Waals surface area (Å²) in [5.74, 6) is -0.239. The van der Waals surface area contributed by atoms with Crippen molar-refractivity contribution in [3.63, 3.8) is 0 Å². The van der Waals surface area contributed by atoms with E-state index < -0.39 is 29.0 Å². The van der Waals surface area contributed by atoms with Gasteiger partial charge in [-0.05, 0) is 113 Å². The van der Waals surface area contributed by atoms with Crippen molar-refractivity contribution < 1.29 is 44.9 Å². The Hall–Kier alpha value is -2.47. The number of nitrogens with two attached hydrogens (primary N) is 3. The first kappa shape index (κ1) is 41.7. The number of ether oxygens (including phenoxy) is 2. The van der Waals surface area contributed by atoms with Crippen molar-refractivity contribution in [3.8, 4) is 0 Å². The summed E-state index contributed by atoms with van der Waals surface area (Å²) >= 11 is 0. The van der Waals surface area contributed by atoms with Crippen LogP contribution in [0.4, 0.5) is 0 Å². The standard InChI is InChI=1S/C46H70N4O6/c1-5-48-38-24-33-13-8-7-12-32(33)23-35(38)28-55-43(54)46-42(53)40-34(25-44(3)19-9-6-10-20-44)14-11-15-37(40)41(52)45(46,56-46)26-36(27-51)30(2)16-17-31-18-21-49-39(22-31)50-29-47-4/h6,8-10,13,19,31-35,37-40,47-51H,5,7,11-12,14-18,20-29H2,1-4H3/p+3/t31?,32-,33+,34?,35+,37?,38+,39?,40?,44+,45+,46+/m1/s1. The van der Waals surface area contributed by atoms with E-state index in [2.05, 4.69) is 78.6 Å². The Bertz CT molecular complexity index is 1570. The quantitative estimate of drug-likeness (QED) is 0.0531. The van der Waals surface area contributed by atoms with Gasteiger partial charge in [-0.25, -0.2) is 10.1 Å². The topological polar surface area (TPSA) is 155 Å². The molecule has 5 fully saturated rings. The van der Waals surface area contributed by atoms with Crippen LogP contribution in [0.25, 0.3) is 0 Å². The molecule has 0 aromatic heterocycles. The predicted octanol–water partition coefficient (Wildman–Crippen LogP) is 2.60. The molecular weight excluding hydrogens is 705 g/mol. The molecule has 5 aliphatic carbocycles. The molecule has 0 bridgehead atoms. The Kier molecular flexibility index (Phi) is 13.2. The van der Waals surface area contributed by atoms with Gasteiger partial charge in [0, 0.05) is 37.0 Å². The molecule has 2 aliphatic heterocycles. The van der Waals surface area contributed by atoms with E-state index in [4.69, 9.17) is 9.47 Å². The minimum absolute atomic E-state index is 0.0211. The fourth-order valence-corrected chi connectivity index (χ4v) is 12.2. The summed E-state index contributed by atoms with van der Waals surface area (Å²) in [4.78, 5) is 45.1. The number of carbonyl (C=O) groups is 3. The number of rotatable bonds is 16. The molecular formula is C46H73N4O6+3. The Morgan fingerprint density at radius 1 is 1.09 bits per heavy atom. The molecule has 0 amide bonds. The SMILES string of the molecule is CC[NH2+][C@H]1C[C@@H]2C=CCC[C@@H]2C[C@H]1COC(=O)[C@]12O[C@@]1(CC(CO)=C(C)CCC1CC[NH2+]C(NC[NH2+]C)C1)C(=O)C1CCCC(C[C@@]3(C)C=CC=CC3)C1C2=O. The van der Waals surface area contributed by atoms with Gasteiger partial charge in [-0.2, -0.15) is 0 Å². The van der Waals surface area contributed by atoms with Crippen LogP contribution in [0.5, 0.6) is 0 Å². The molecule has 10 heteroatoms. The van der Waals surface area contributed by atoms with Crippen LogP contribution in [0.15, 0.2) is 47.6 Å². The molecule has 0 aromatic carbocycles. The number of carbonyl (C=O) groups excluding carboxylic acids is 3. The van der Waals surface area contributed by atoms with Crippen LogP contribution in [0.1, 0.15) is 111 Å². The number of fused-ring (bicyclic) bond motifs is 3. The second-order valence-electron chi connectivity index (χ2n) is 19.2. The number of Topliss-reactive ketones (excluding diaryl/α,β-unsaturated/α-hetero) is 2. The van der Waals surface area contributed by atoms with Crippen molar-refractivity contribution in [2.45, 2.75) is 134 Å². The summed E-state index contributed by atoms with van der Waals surface area (Å²) in [5.41, 5.74) is -1.93. The minimum Gasteiger partial charge on any atom is -0.463 e. The summed E-state index contributed by atoms with van der Waals surface area (Å²) in [6.07, 6.45) is 26.1. The number of aliphatic hydroxyl groups excluding tert-OH is 1. The number of hydrogen-bond acceptors (Lipinski definition) is 7. The molecule has 0 spiro atoms. The van der Waals surface area contributed by atoms with Crippen molar-refractivity contribution >= 4 is 17.5 Å². The molecule has 310 valence electrons. The average Bonchev–Trinajstić information content (AvgIpc) is 3.91. The number of quaternary nitrogens is 3. The van der Waals surface area contributed by atoms with E-state index in [1.54, 1.807) is 0 Å². The molecule has 10 nitrogen and oxygen atoms in total. The Morgan fingerprint density at radius 2 is 1.95 bits per heavy atom. The van der Waals surface area contributed by atoms with Gasteiger partial charge in [0.05, 0.1) is 39.4 Å². The highest BCUT2D eigenvalue weighted by Gasteiger charge is 2.87. The normalized spacial score (nSPS) is 40.7. The van der Waals surface area contributed by atoms with Crippen LogP contribution in [-0.2, 0) is 23.9 Å². The van der Waals surface area contributed by atoms with Crippen LogP contribution in [0.2, 0.25) is 0 Å². The van der Waals surface area contributed by atoms with E-state index >= 15 is 9.59 Å². The van der Waals surface area contributed by atoms with Crippen molar-refractivity contribution in [1.82, 2.24) is 5.32 Å². The molecule has 56 heavy (non-hydrogen) atoms. The first-order valence-electron chi connectivity index (χ1n) is 22.5. The van der Waals surface area contributed by atoms with E-state index in [1.807, 2.05) is 6.92 Å². The molecule has 12 atom stereocenters. The zero-order chi connectivity index (χ0) is 39.5. The molecule has 2 saturated heterocycles. The first-order valence-corrected chi connectivity index (χ1v) is 22.5. The summed E-state index contributed by atoms with van der Waals surface area (Å²) < 4.78 is 12.9. The van der Waals surface area contributed by atoms with E-state index in [1.165, 1.54) is 0 Å². The molecule has 0 aromatic rings. The molecule has 7 rings (SSSR count). The van der Waals surface area contributed by atoms with Gasteiger partial charge in [-0.3, -0.25) is 9.59 Å². The van der Waals surface area contributed by atoms with Crippen LogP contribution in [0, 0.1) is 46.8 Å². The van der Waals surface area contributed by atoms with Crippen LogP contribution < -0.4 is 21.3 Å². The number of allylic oxidation sites excluding steroid dienone is 7. The highest BCUT2D eigenvalue weighted by molar-refractivity contribution is 6.23. The Balaban J connectivity index is 1.14. The maximum atomic E-state index is 15.2. The molecule has 8 N–H and O–H groups in total. The van der Waals surface area contributed by atoms with Gasteiger partial charge >= 0.3 is 5.97 Å². The molecule has 2 heterocycles. The van der Waals surface area contributed by atoms with Crippen LogP contribution in [-0.4, -0.2) is 86.1 Å². The highest BCUT2D eigenvalue weighted by atomic mass is 16.7. The number of epoxide rings is 1. The number of nitrogens with one attached hydrogen (secondary N) is 1. The number of hydrogen-bond donors (Lipinski definition) is 5. The average molecular weight is 778 g/mol. The fourth-order valence-electron chi connectivity index (χ4n) is 12.2. The second-order valence-corrected chi connectivity index (χ2v) is 19.2. The van der Waals surface area contributed by atoms with Gasteiger partial charge in [0.2, 0.25) is 0 Å². The lowest BCUT2D eigenvalue weighted by Crippen LogP contribution is -2.97. The fraction of sp³-hybridized carbons (Fsp3) is 0.761. The van der Waals surface area contributed by atoms with Gasteiger partial charge in [-0.1, -0.05) is 55.4 Å². The number of piperidine rings is 1. The second kappa shape index (κ2) is 17.8. The zero-order valence-electron chi connectivity index (χ0n) is 34.8. The van der Waals surface area contributed by atoms with Crippen molar-refractivity contribution in [1.29, 1.82) is 0 Å².